The molecule has 0 aliphatic heterocycles. The van der Waals surface area contributed by atoms with Crippen LogP contribution in [-0.4, -0.2) is 30.2 Å². The van der Waals surface area contributed by atoms with Crippen LogP contribution in [0.4, 0.5) is 0 Å². The van der Waals surface area contributed by atoms with Crippen molar-refractivity contribution in [1.82, 2.24) is 9.97 Å². The molecule has 0 aliphatic carbocycles. The Morgan fingerprint density at radius 3 is 2.50 bits per heavy atom. The molecule has 14 heavy (non-hydrogen) atoms. The zero-order valence-electron chi connectivity index (χ0n) is 8.00. The smallest absolute Gasteiger partial charge is 0.358 e. The Bertz CT molecular complexity index is 368. The number of hydrogen-bond acceptors (Lipinski definition) is 5. The van der Waals surface area contributed by atoms with E-state index in [2.05, 4.69) is 14.7 Å². The summed E-state index contributed by atoms with van der Waals surface area (Å²) < 4.78 is 9.34. The standard InChI is InChI=1S/C8H9ClN2O3/c1-4-5(8(12)14-3)11-6(9)7(10-4)13-2/h1-3H3. The average Bonchev–Trinajstić information content (AvgIpc) is 2.19. The van der Waals surface area contributed by atoms with E-state index in [1.165, 1.54) is 14.2 Å². The van der Waals surface area contributed by atoms with Crippen LogP contribution in [0.15, 0.2) is 0 Å². The van der Waals surface area contributed by atoms with Gasteiger partial charge in [0.1, 0.15) is 0 Å². The van der Waals surface area contributed by atoms with Crippen molar-refractivity contribution >= 4 is 17.6 Å². The van der Waals surface area contributed by atoms with Crippen molar-refractivity contribution in [3.05, 3.63) is 16.5 Å². The summed E-state index contributed by atoms with van der Waals surface area (Å²) in [4.78, 5) is 18.9. The number of carbonyl (C=O) groups excluding carboxylic acids is 1. The van der Waals surface area contributed by atoms with Crippen molar-refractivity contribution in [3.63, 3.8) is 0 Å². The molecule has 0 aromatic carbocycles. The molecule has 0 bridgehead atoms. The number of methoxy groups -OCH3 is 2. The average molecular weight is 217 g/mol. The van der Waals surface area contributed by atoms with Crippen LogP contribution < -0.4 is 4.74 Å². The minimum atomic E-state index is -0.570. The predicted molar refractivity (Wildman–Crippen MR) is 49.7 cm³/mol. The first kappa shape index (κ1) is 10.7. The number of esters is 1. The summed E-state index contributed by atoms with van der Waals surface area (Å²) in [6, 6.07) is 0. The maximum absolute atomic E-state index is 11.2. The Kier molecular flexibility index (Phi) is 3.24. The van der Waals surface area contributed by atoms with Gasteiger partial charge in [0.15, 0.2) is 10.8 Å². The first-order chi connectivity index (χ1) is 6.60. The van der Waals surface area contributed by atoms with E-state index in [0.717, 1.165) is 0 Å². The minimum absolute atomic E-state index is 0.0403. The predicted octanol–water partition coefficient (Wildman–Crippen LogP) is 1.23. The van der Waals surface area contributed by atoms with E-state index in [9.17, 15) is 4.79 Å². The van der Waals surface area contributed by atoms with E-state index in [1.54, 1.807) is 6.92 Å². The van der Waals surface area contributed by atoms with Gasteiger partial charge in [-0.3, -0.25) is 0 Å². The van der Waals surface area contributed by atoms with Crippen molar-refractivity contribution in [2.75, 3.05) is 14.2 Å². The second-order valence-corrected chi connectivity index (χ2v) is 2.81. The monoisotopic (exact) mass is 216 g/mol. The lowest BCUT2D eigenvalue weighted by atomic mass is 10.3. The van der Waals surface area contributed by atoms with Gasteiger partial charge >= 0.3 is 5.97 Å². The number of nitrogens with zero attached hydrogens (tertiary/aromatic N) is 2. The van der Waals surface area contributed by atoms with Gasteiger partial charge in [-0.25, -0.2) is 14.8 Å². The molecule has 0 amide bonds. The number of carbonyl (C=O) groups is 1. The molecule has 0 N–H and O–H groups in total. The lowest BCUT2D eigenvalue weighted by molar-refractivity contribution is 0.0592. The van der Waals surface area contributed by atoms with Gasteiger partial charge in [0, 0.05) is 0 Å². The highest BCUT2D eigenvalue weighted by atomic mass is 35.5. The summed E-state index contributed by atoms with van der Waals surface area (Å²) in [5.74, 6) is -0.378. The fourth-order valence-corrected chi connectivity index (χ4v) is 1.10. The molecule has 0 saturated carbocycles. The van der Waals surface area contributed by atoms with Gasteiger partial charge in [-0.15, -0.1) is 0 Å². The molecule has 0 spiro atoms. The van der Waals surface area contributed by atoms with Crippen LogP contribution in [0.1, 0.15) is 16.2 Å². The Hall–Kier alpha value is -1.36. The van der Waals surface area contributed by atoms with Gasteiger partial charge in [0.05, 0.1) is 19.9 Å². The van der Waals surface area contributed by atoms with Crippen LogP contribution in [0.5, 0.6) is 5.88 Å². The Morgan fingerprint density at radius 2 is 2.00 bits per heavy atom. The van der Waals surface area contributed by atoms with Crippen LogP contribution in [0.25, 0.3) is 0 Å². The summed E-state index contributed by atoms with van der Waals surface area (Å²) in [6.45, 7) is 1.62. The fourth-order valence-electron chi connectivity index (χ4n) is 0.898. The summed E-state index contributed by atoms with van der Waals surface area (Å²) in [7, 11) is 2.69. The molecule has 5 nitrogen and oxygen atoms in total. The largest absolute Gasteiger partial charge is 0.479 e. The van der Waals surface area contributed by atoms with Gasteiger partial charge < -0.3 is 9.47 Å². The van der Waals surface area contributed by atoms with E-state index in [0.29, 0.717) is 5.69 Å². The van der Waals surface area contributed by atoms with Crippen LogP contribution >= 0.6 is 11.6 Å². The third-order valence-electron chi connectivity index (χ3n) is 1.57. The van der Waals surface area contributed by atoms with E-state index in [1.807, 2.05) is 0 Å². The van der Waals surface area contributed by atoms with Crippen molar-refractivity contribution in [2.45, 2.75) is 6.92 Å². The molecule has 76 valence electrons. The number of ether oxygens (including phenoxy) is 2. The Labute approximate surface area is 86.0 Å². The van der Waals surface area contributed by atoms with Crippen molar-refractivity contribution in [3.8, 4) is 5.88 Å². The van der Waals surface area contributed by atoms with Gasteiger partial charge in [-0.1, -0.05) is 11.6 Å². The third-order valence-corrected chi connectivity index (χ3v) is 1.82. The van der Waals surface area contributed by atoms with Crippen molar-refractivity contribution in [2.24, 2.45) is 0 Å². The molecular weight excluding hydrogens is 208 g/mol. The number of rotatable bonds is 2. The van der Waals surface area contributed by atoms with E-state index < -0.39 is 5.97 Å². The highest BCUT2D eigenvalue weighted by Gasteiger charge is 2.16. The van der Waals surface area contributed by atoms with E-state index >= 15 is 0 Å². The molecule has 0 unspecified atom stereocenters. The first-order valence-electron chi connectivity index (χ1n) is 3.76. The molecule has 0 atom stereocenters. The maximum Gasteiger partial charge on any atom is 0.358 e. The molecule has 0 fully saturated rings. The van der Waals surface area contributed by atoms with Crippen molar-refractivity contribution < 1.29 is 14.3 Å². The topological polar surface area (TPSA) is 61.3 Å². The van der Waals surface area contributed by atoms with Gasteiger partial charge in [-0.05, 0) is 6.92 Å². The molecule has 1 rings (SSSR count). The molecule has 6 heteroatoms. The molecule has 0 saturated heterocycles. The second-order valence-electron chi connectivity index (χ2n) is 2.45. The highest BCUT2D eigenvalue weighted by Crippen LogP contribution is 2.20. The van der Waals surface area contributed by atoms with Crippen LogP contribution in [0, 0.1) is 6.92 Å². The second kappa shape index (κ2) is 4.23. The normalized spacial score (nSPS) is 9.71. The summed E-state index contributed by atoms with van der Waals surface area (Å²) in [6.07, 6.45) is 0. The lowest BCUT2D eigenvalue weighted by Gasteiger charge is -2.05. The molecule has 1 heterocycles. The van der Waals surface area contributed by atoms with E-state index in [-0.39, 0.29) is 16.7 Å². The summed E-state index contributed by atoms with van der Waals surface area (Å²) >= 11 is 5.70. The summed E-state index contributed by atoms with van der Waals surface area (Å²) in [5.41, 5.74) is 0.511. The Balaban J connectivity index is 3.21. The molecule has 0 aliphatic rings. The minimum Gasteiger partial charge on any atom is -0.479 e. The van der Waals surface area contributed by atoms with Gasteiger partial charge in [0.2, 0.25) is 0 Å². The quantitative estimate of drug-likeness (QED) is 0.696. The SMILES string of the molecule is COC(=O)c1nc(Cl)c(OC)nc1C. The number of halogens is 1. The number of hydrogen-bond donors (Lipinski definition) is 0. The zero-order valence-corrected chi connectivity index (χ0v) is 8.75. The number of aromatic nitrogens is 2. The van der Waals surface area contributed by atoms with Crippen LogP contribution in [0.3, 0.4) is 0 Å². The summed E-state index contributed by atoms with van der Waals surface area (Å²) in [5, 5.41) is 0.0403. The molecule has 1 aromatic rings. The van der Waals surface area contributed by atoms with E-state index in [4.69, 9.17) is 16.3 Å². The first-order valence-corrected chi connectivity index (χ1v) is 4.14. The molecular formula is C8H9ClN2O3. The van der Waals surface area contributed by atoms with Gasteiger partial charge in [0.25, 0.3) is 5.88 Å². The van der Waals surface area contributed by atoms with Crippen LogP contribution in [0.2, 0.25) is 5.15 Å². The molecule has 1 aromatic heterocycles. The zero-order chi connectivity index (χ0) is 10.7. The molecule has 0 radical (unpaired) electrons. The Morgan fingerprint density at radius 1 is 1.36 bits per heavy atom. The van der Waals surface area contributed by atoms with Gasteiger partial charge in [-0.2, -0.15) is 0 Å². The third kappa shape index (κ3) is 1.93. The maximum atomic E-state index is 11.2. The number of aryl methyl sites for hydroxylation is 1. The van der Waals surface area contributed by atoms with Crippen molar-refractivity contribution in [1.29, 1.82) is 0 Å². The lowest BCUT2D eigenvalue weighted by Crippen LogP contribution is -2.09. The highest BCUT2D eigenvalue weighted by molar-refractivity contribution is 6.30. The fraction of sp³-hybridized carbons (Fsp3) is 0.375. The van der Waals surface area contributed by atoms with Crippen LogP contribution in [-0.2, 0) is 4.74 Å².